The molecule has 1 nitrogen and oxygen atoms in total. The number of ether oxygens (including phenoxy) is 1. The molecule has 38 heavy (non-hydrogen) atoms. The lowest BCUT2D eigenvalue weighted by atomic mass is 9.83. The highest BCUT2D eigenvalue weighted by Gasteiger charge is 2.23. The standard InChI is InChI=1S/C37H24O/c1-23-11-2-3-12-24(23)35-27-14-4-6-16-29(27)36(30-17-7-5-15-28(30)35)32-21-22-34-37-26(18-10-19-31(32)37)25-13-8-9-20-33(25)38-34/h2-22H,1H3. The summed E-state index contributed by atoms with van der Waals surface area (Å²) >= 11 is 0. The Bertz CT molecular complexity index is 2010. The first-order valence-corrected chi connectivity index (χ1v) is 13.1. The first kappa shape index (κ1) is 21.2. The topological polar surface area (TPSA) is 9.23 Å². The van der Waals surface area contributed by atoms with Crippen LogP contribution in [0.25, 0.3) is 65.7 Å². The zero-order valence-corrected chi connectivity index (χ0v) is 21.0. The molecule has 0 aliphatic carbocycles. The molecule has 7 aromatic carbocycles. The lowest BCUT2D eigenvalue weighted by molar-refractivity contribution is 0.487. The second-order valence-corrected chi connectivity index (χ2v) is 10.1. The summed E-state index contributed by atoms with van der Waals surface area (Å²) in [7, 11) is 0. The van der Waals surface area contributed by atoms with Crippen LogP contribution in [0.3, 0.4) is 0 Å². The Kier molecular flexibility index (Phi) is 4.50. The minimum absolute atomic E-state index is 0.915. The summed E-state index contributed by atoms with van der Waals surface area (Å²) in [4.78, 5) is 0. The second kappa shape index (κ2) is 8.06. The van der Waals surface area contributed by atoms with Gasteiger partial charge < -0.3 is 4.74 Å². The van der Waals surface area contributed by atoms with E-state index in [0.717, 1.165) is 17.1 Å². The number of hydrogen-bond donors (Lipinski definition) is 0. The van der Waals surface area contributed by atoms with Crippen LogP contribution in [0, 0.1) is 6.92 Å². The summed E-state index contributed by atoms with van der Waals surface area (Å²) in [6.07, 6.45) is 0. The fourth-order valence-corrected chi connectivity index (χ4v) is 6.36. The van der Waals surface area contributed by atoms with Crippen molar-refractivity contribution in [3.8, 4) is 44.9 Å². The molecule has 0 N–H and O–H groups in total. The van der Waals surface area contributed by atoms with E-state index in [1.54, 1.807) is 0 Å². The molecule has 0 spiro atoms. The Hall–Kier alpha value is -4.88. The molecule has 0 saturated carbocycles. The average Bonchev–Trinajstić information content (AvgIpc) is 2.97. The Labute approximate surface area is 221 Å². The number of aryl methyl sites for hydroxylation is 1. The molecule has 0 fully saturated rings. The normalized spacial score (nSPS) is 12.0. The van der Waals surface area contributed by atoms with Gasteiger partial charge in [0.1, 0.15) is 11.5 Å². The molecule has 0 bridgehead atoms. The number of benzene rings is 7. The highest BCUT2D eigenvalue weighted by molar-refractivity contribution is 6.24. The number of hydrogen-bond acceptors (Lipinski definition) is 1. The van der Waals surface area contributed by atoms with Gasteiger partial charge in [-0.25, -0.2) is 0 Å². The zero-order valence-electron chi connectivity index (χ0n) is 21.0. The van der Waals surface area contributed by atoms with Crippen molar-refractivity contribution in [1.82, 2.24) is 0 Å². The minimum atomic E-state index is 0.915. The van der Waals surface area contributed by atoms with Crippen LogP contribution in [0.4, 0.5) is 0 Å². The highest BCUT2D eigenvalue weighted by Crippen LogP contribution is 2.51. The van der Waals surface area contributed by atoms with Crippen LogP contribution in [0.1, 0.15) is 5.56 Å². The molecule has 0 unspecified atom stereocenters. The summed E-state index contributed by atoms with van der Waals surface area (Å²) in [5, 5.41) is 7.48. The third-order valence-electron chi connectivity index (χ3n) is 8.01. The van der Waals surface area contributed by atoms with E-state index in [1.165, 1.54) is 65.7 Å². The molecular weight excluding hydrogens is 460 g/mol. The van der Waals surface area contributed by atoms with Crippen molar-refractivity contribution < 1.29 is 4.74 Å². The van der Waals surface area contributed by atoms with E-state index < -0.39 is 0 Å². The van der Waals surface area contributed by atoms with Gasteiger partial charge in [0, 0.05) is 10.9 Å². The van der Waals surface area contributed by atoms with Gasteiger partial charge in [-0.1, -0.05) is 109 Å². The predicted octanol–water partition coefficient (Wildman–Crippen LogP) is 10.6. The summed E-state index contributed by atoms with van der Waals surface area (Å²) in [5.74, 6) is 1.84. The van der Waals surface area contributed by atoms with Crippen molar-refractivity contribution in [1.29, 1.82) is 0 Å². The van der Waals surface area contributed by atoms with Crippen molar-refractivity contribution in [2.45, 2.75) is 6.92 Å². The van der Waals surface area contributed by atoms with Crippen molar-refractivity contribution >= 4 is 32.3 Å². The third-order valence-corrected chi connectivity index (χ3v) is 8.01. The zero-order chi connectivity index (χ0) is 25.2. The Morgan fingerprint density at radius 2 is 0.895 bits per heavy atom. The van der Waals surface area contributed by atoms with E-state index in [4.69, 9.17) is 4.74 Å². The van der Waals surface area contributed by atoms with Crippen LogP contribution in [0.2, 0.25) is 0 Å². The van der Waals surface area contributed by atoms with Crippen LogP contribution in [-0.2, 0) is 0 Å². The molecule has 0 saturated heterocycles. The van der Waals surface area contributed by atoms with E-state index in [0.29, 0.717) is 0 Å². The summed E-state index contributed by atoms with van der Waals surface area (Å²) in [6.45, 7) is 2.21. The SMILES string of the molecule is Cc1ccccc1-c1c2ccccc2c(-c2ccc3c4c(cccc24)-c2ccccc2O3)c2ccccc12. The van der Waals surface area contributed by atoms with Crippen LogP contribution in [-0.4, -0.2) is 0 Å². The molecule has 1 aliphatic heterocycles. The van der Waals surface area contributed by atoms with E-state index in [1.807, 2.05) is 6.07 Å². The molecule has 178 valence electrons. The first-order valence-electron chi connectivity index (χ1n) is 13.1. The summed E-state index contributed by atoms with van der Waals surface area (Å²) in [5.41, 5.74) is 8.76. The molecule has 1 aliphatic rings. The lowest BCUT2D eigenvalue weighted by Crippen LogP contribution is -1.98. The van der Waals surface area contributed by atoms with Gasteiger partial charge in [-0.15, -0.1) is 0 Å². The molecule has 1 heterocycles. The molecule has 1 heteroatoms. The van der Waals surface area contributed by atoms with Gasteiger partial charge in [0.25, 0.3) is 0 Å². The summed E-state index contributed by atoms with van der Waals surface area (Å²) in [6, 6.07) is 45.8. The maximum absolute atomic E-state index is 6.41. The number of rotatable bonds is 2. The maximum atomic E-state index is 6.41. The van der Waals surface area contributed by atoms with Gasteiger partial charge in [-0.05, 0) is 85.4 Å². The van der Waals surface area contributed by atoms with Crippen molar-refractivity contribution in [3.63, 3.8) is 0 Å². The molecule has 8 rings (SSSR count). The maximum Gasteiger partial charge on any atom is 0.135 e. The lowest BCUT2D eigenvalue weighted by Gasteiger charge is -2.24. The summed E-state index contributed by atoms with van der Waals surface area (Å²) < 4.78 is 6.41. The van der Waals surface area contributed by atoms with Gasteiger partial charge in [-0.3, -0.25) is 0 Å². The smallest absolute Gasteiger partial charge is 0.135 e. The Balaban J connectivity index is 1.53. The van der Waals surface area contributed by atoms with Crippen molar-refractivity contribution in [2.24, 2.45) is 0 Å². The van der Waals surface area contributed by atoms with Crippen LogP contribution in [0.15, 0.2) is 127 Å². The largest absolute Gasteiger partial charge is 0.456 e. The highest BCUT2D eigenvalue weighted by atomic mass is 16.5. The van der Waals surface area contributed by atoms with Gasteiger partial charge in [0.05, 0.1) is 0 Å². The van der Waals surface area contributed by atoms with Crippen LogP contribution >= 0.6 is 0 Å². The molecule has 0 atom stereocenters. The molecule has 7 aromatic rings. The van der Waals surface area contributed by atoms with Crippen LogP contribution in [0.5, 0.6) is 11.5 Å². The Morgan fingerprint density at radius 3 is 1.58 bits per heavy atom. The fourth-order valence-electron chi connectivity index (χ4n) is 6.36. The van der Waals surface area contributed by atoms with Gasteiger partial charge >= 0.3 is 0 Å². The predicted molar refractivity (Wildman–Crippen MR) is 160 cm³/mol. The quantitative estimate of drug-likeness (QED) is 0.222. The Morgan fingerprint density at radius 1 is 0.368 bits per heavy atom. The van der Waals surface area contributed by atoms with E-state index >= 15 is 0 Å². The van der Waals surface area contributed by atoms with Gasteiger partial charge in [0.15, 0.2) is 0 Å². The number of fused-ring (bicyclic) bond motifs is 4. The molecular formula is C37H24O. The average molecular weight is 485 g/mol. The van der Waals surface area contributed by atoms with Gasteiger partial charge in [-0.2, -0.15) is 0 Å². The third kappa shape index (κ3) is 2.93. The monoisotopic (exact) mass is 484 g/mol. The number of para-hydroxylation sites is 1. The molecule has 0 radical (unpaired) electrons. The van der Waals surface area contributed by atoms with Gasteiger partial charge in [0.2, 0.25) is 0 Å². The van der Waals surface area contributed by atoms with Crippen molar-refractivity contribution in [3.05, 3.63) is 133 Å². The van der Waals surface area contributed by atoms with Crippen LogP contribution < -0.4 is 4.74 Å². The first-order chi connectivity index (χ1) is 18.8. The molecule has 0 amide bonds. The minimum Gasteiger partial charge on any atom is -0.456 e. The van der Waals surface area contributed by atoms with Crippen molar-refractivity contribution in [2.75, 3.05) is 0 Å². The van der Waals surface area contributed by atoms with E-state index in [2.05, 4.69) is 128 Å². The second-order valence-electron chi connectivity index (χ2n) is 10.1. The van der Waals surface area contributed by atoms with E-state index in [-0.39, 0.29) is 0 Å². The fraction of sp³-hybridized carbons (Fsp3) is 0.0270. The molecule has 0 aromatic heterocycles. The van der Waals surface area contributed by atoms with E-state index in [9.17, 15) is 0 Å².